The molecule has 0 saturated carbocycles. The molecule has 6 heteroatoms. The maximum absolute atomic E-state index is 12.8. The molecule has 0 aliphatic heterocycles. The standard InChI is InChI=1S/C58H106O6/c1-4-7-10-13-16-19-22-25-28-31-33-36-39-42-45-48-51-57(60)63-54-55(64-58(61)52-49-46-43-40-37-34-30-27-24-21-18-15-12-9-6-3)53-62-56(59)50-47-44-41-38-35-32-29-26-23-20-17-14-11-8-5-2/h9,12,15,18,21,24,55H,4-8,10-11,13-14,16-17,19-20,22-23,25-54H2,1-3H3/b12-9-,18-15-,24-21-. The highest BCUT2D eigenvalue weighted by Gasteiger charge is 2.19. The molecular formula is C58H106O6. The second-order valence-corrected chi connectivity index (χ2v) is 18.9. The summed E-state index contributed by atoms with van der Waals surface area (Å²) in [6.45, 7) is 6.54. The summed E-state index contributed by atoms with van der Waals surface area (Å²) in [5.41, 5.74) is 0. The number of allylic oxidation sites excluding steroid dienone is 6. The molecule has 374 valence electrons. The molecule has 6 nitrogen and oxygen atoms in total. The Morgan fingerprint density at radius 2 is 0.609 bits per heavy atom. The average molecular weight is 899 g/mol. The van der Waals surface area contributed by atoms with Gasteiger partial charge in [-0.1, -0.05) is 276 Å². The summed E-state index contributed by atoms with van der Waals surface area (Å²) >= 11 is 0. The van der Waals surface area contributed by atoms with Crippen molar-refractivity contribution in [3.8, 4) is 0 Å². The monoisotopic (exact) mass is 899 g/mol. The first-order valence-corrected chi connectivity index (χ1v) is 28.0. The summed E-state index contributed by atoms with van der Waals surface area (Å²) in [6, 6.07) is 0. The maximum atomic E-state index is 12.8. The Bertz CT molecular complexity index is 1080. The van der Waals surface area contributed by atoms with Gasteiger partial charge in [-0.25, -0.2) is 0 Å². The maximum Gasteiger partial charge on any atom is 0.306 e. The van der Waals surface area contributed by atoms with Gasteiger partial charge in [-0.15, -0.1) is 0 Å². The Labute approximate surface area is 397 Å². The minimum atomic E-state index is -0.774. The molecule has 0 aromatic rings. The molecule has 64 heavy (non-hydrogen) atoms. The quantitative estimate of drug-likeness (QED) is 0.0262. The van der Waals surface area contributed by atoms with E-state index in [1.54, 1.807) is 0 Å². The molecule has 0 aliphatic carbocycles. The molecule has 0 saturated heterocycles. The van der Waals surface area contributed by atoms with Crippen molar-refractivity contribution < 1.29 is 28.6 Å². The fourth-order valence-corrected chi connectivity index (χ4v) is 8.27. The van der Waals surface area contributed by atoms with Gasteiger partial charge >= 0.3 is 17.9 Å². The first-order chi connectivity index (χ1) is 31.5. The topological polar surface area (TPSA) is 78.9 Å². The minimum Gasteiger partial charge on any atom is -0.462 e. The van der Waals surface area contributed by atoms with Gasteiger partial charge in [-0.05, 0) is 38.5 Å². The van der Waals surface area contributed by atoms with Gasteiger partial charge in [0.25, 0.3) is 0 Å². The van der Waals surface area contributed by atoms with E-state index in [0.717, 1.165) is 70.6 Å². The molecule has 0 radical (unpaired) electrons. The third kappa shape index (κ3) is 50.6. The second kappa shape index (κ2) is 53.2. The summed E-state index contributed by atoms with van der Waals surface area (Å²) in [5.74, 6) is -0.866. The molecular weight excluding hydrogens is 793 g/mol. The van der Waals surface area contributed by atoms with Crippen molar-refractivity contribution in [2.75, 3.05) is 13.2 Å². The number of hydrogen-bond acceptors (Lipinski definition) is 6. The second-order valence-electron chi connectivity index (χ2n) is 18.9. The normalized spacial score (nSPS) is 12.2. The zero-order valence-corrected chi connectivity index (χ0v) is 42.8. The van der Waals surface area contributed by atoms with Crippen molar-refractivity contribution in [1.29, 1.82) is 0 Å². The van der Waals surface area contributed by atoms with Gasteiger partial charge < -0.3 is 14.2 Å². The van der Waals surface area contributed by atoms with Crippen LogP contribution in [0.4, 0.5) is 0 Å². The lowest BCUT2D eigenvalue weighted by Gasteiger charge is -2.18. The first-order valence-electron chi connectivity index (χ1n) is 28.0. The van der Waals surface area contributed by atoms with Crippen molar-refractivity contribution in [3.63, 3.8) is 0 Å². The number of hydrogen-bond donors (Lipinski definition) is 0. The van der Waals surface area contributed by atoms with E-state index in [4.69, 9.17) is 14.2 Å². The molecule has 0 aliphatic rings. The summed E-state index contributed by atoms with van der Waals surface area (Å²) in [6.07, 6.45) is 62.7. The van der Waals surface area contributed by atoms with E-state index >= 15 is 0 Å². The first kappa shape index (κ1) is 61.6. The van der Waals surface area contributed by atoms with Crippen LogP contribution in [0.15, 0.2) is 36.5 Å². The molecule has 0 heterocycles. The highest BCUT2D eigenvalue weighted by atomic mass is 16.6. The van der Waals surface area contributed by atoms with Gasteiger partial charge in [-0.2, -0.15) is 0 Å². The van der Waals surface area contributed by atoms with E-state index in [2.05, 4.69) is 57.2 Å². The average Bonchev–Trinajstić information content (AvgIpc) is 3.29. The highest BCUT2D eigenvalue weighted by Crippen LogP contribution is 2.17. The molecule has 0 fully saturated rings. The van der Waals surface area contributed by atoms with Crippen molar-refractivity contribution in [2.45, 2.75) is 303 Å². The predicted octanol–water partition coefficient (Wildman–Crippen LogP) is 18.5. The zero-order valence-electron chi connectivity index (χ0n) is 42.8. The van der Waals surface area contributed by atoms with Crippen molar-refractivity contribution in [1.82, 2.24) is 0 Å². The molecule has 0 N–H and O–H groups in total. The van der Waals surface area contributed by atoms with Crippen molar-refractivity contribution >= 4 is 17.9 Å². The van der Waals surface area contributed by atoms with Gasteiger partial charge in [-0.3, -0.25) is 14.4 Å². The summed E-state index contributed by atoms with van der Waals surface area (Å²) in [5, 5.41) is 0. The Morgan fingerprint density at radius 1 is 0.328 bits per heavy atom. The van der Waals surface area contributed by atoms with Crippen LogP contribution in [0.25, 0.3) is 0 Å². The van der Waals surface area contributed by atoms with Gasteiger partial charge in [0.05, 0.1) is 0 Å². The lowest BCUT2D eigenvalue weighted by molar-refractivity contribution is -0.167. The van der Waals surface area contributed by atoms with E-state index in [-0.39, 0.29) is 31.1 Å². The number of ether oxygens (including phenoxy) is 3. The van der Waals surface area contributed by atoms with Crippen molar-refractivity contribution in [2.24, 2.45) is 0 Å². The van der Waals surface area contributed by atoms with Gasteiger partial charge in [0.1, 0.15) is 13.2 Å². The number of carbonyl (C=O) groups is 3. The van der Waals surface area contributed by atoms with Crippen molar-refractivity contribution in [3.05, 3.63) is 36.5 Å². The van der Waals surface area contributed by atoms with Crippen LogP contribution in [0.1, 0.15) is 297 Å². The number of carbonyl (C=O) groups excluding carboxylic acids is 3. The molecule has 0 bridgehead atoms. The lowest BCUT2D eigenvalue weighted by Crippen LogP contribution is -2.30. The Morgan fingerprint density at radius 3 is 0.938 bits per heavy atom. The SMILES string of the molecule is CC\C=C/C=C\C=C/CCCCCCCCCC(=O)OC(COC(=O)CCCCCCCCCCCCCCCCC)COC(=O)CCCCCCCCCCCCCCCCCC. The third-order valence-corrected chi connectivity index (χ3v) is 12.5. The Hall–Kier alpha value is -2.37. The fourth-order valence-electron chi connectivity index (χ4n) is 8.27. The number of unbranched alkanes of at least 4 members (excludes halogenated alkanes) is 36. The van der Waals surface area contributed by atoms with E-state index in [1.807, 2.05) is 0 Å². The molecule has 0 aromatic carbocycles. The summed E-state index contributed by atoms with van der Waals surface area (Å²) < 4.78 is 16.9. The van der Waals surface area contributed by atoms with E-state index in [0.29, 0.717) is 19.3 Å². The largest absolute Gasteiger partial charge is 0.462 e. The molecule has 0 rings (SSSR count). The lowest BCUT2D eigenvalue weighted by atomic mass is 10.0. The van der Waals surface area contributed by atoms with E-state index < -0.39 is 6.10 Å². The fraction of sp³-hybridized carbons (Fsp3) is 0.845. The van der Waals surface area contributed by atoms with Crippen LogP contribution in [0.2, 0.25) is 0 Å². The summed E-state index contributed by atoms with van der Waals surface area (Å²) in [7, 11) is 0. The van der Waals surface area contributed by atoms with E-state index in [1.165, 1.54) is 186 Å². The van der Waals surface area contributed by atoms with Crippen LogP contribution in [0, 0.1) is 0 Å². The molecule has 0 spiro atoms. The van der Waals surface area contributed by atoms with Gasteiger partial charge in [0, 0.05) is 19.3 Å². The van der Waals surface area contributed by atoms with Gasteiger partial charge in [0.2, 0.25) is 0 Å². The van der Waals surface area contributed by atoms with Crippen LogP contribution < -0.4 is 0 Å². The molecule has 0 aromatic heterocycles. The van der Waals surface area contributed by atoms with Crippen LogP contribution in [-0.2, 0) is 28.6 Å². The van der Waals surface area contributed by atoms with Crippen LogP contribution in [0.3, 0.4) is 0 Å². The Balaban J connectivity index is 4.34. The van der Waals surface area contributed by atoms with E-state index in [9.17, 15) is 14.4 Å². The smallest absolute Gasteiger partial charge is 0.306 e. The zero-order chi connectivity index (χ0) is 46.5. The van der Waals surface area contributed by atoms with Crippen LogP contribution >= 0.6 is 0 Å². The number of esters is 3. The molecule has 0 amide bonds. The third-order valence-electron chi connectivity index (χ3n) is 12.5. The number of rotatable bonds is 51. The highest BCUT2D eigenvalue weighted by molar-refractivity contribution is 5.71. The van der Waals surface area contributed by atoms with Crippen LogP contribution in [-0.4, -0.2) is 37.2 Å². The summed E-state index contributed by atoms with van der Waals surface area (Å²) in [4.78, 5) is 38.1. The molecule has 1 unspecified atom stereocenters. The predicted molar refractivity (Wildman–Crippen MR) is 275 cm³/mol. The van der Waals surface area contributed by atoms with Gasteiger partial charge in [0.15, 0.2) is 6.10 Å². The Kier molecular flexibility index (Phi) is 51.3. The van der Waals surface area contributed by atoms with Crippen LogP contribution in [0.5, 0.6) is 0 Å². The molecule has 1 atom stereocenters. The minimum absolute atomic E-state index is 0.0724.